The highest BCUT2D eigenvalue weighted by atomic mass is 16.1. The Bertz CT molecular complexity index is 347. The van der Waals surface area contributed by atoms with Crippen LogP contribution in [-0.4, -0.2) is 49.3 Å². The van der Waals surface area contributed by atoms with Gasteiger partial charge >= 0.3 is 0 Å². The van der Waals surface area contributed by atoms with Gasteiger partial charge in [-0.15, -0.1) is 0 Å². The van der Waals surface area contributed by atoms with Crippen molar-refractivity contribution in [1.29, 1.82) is 0 Å². The first-order chi connectivity index (χ1) is 7.09. The van der Waals surface area contributed by atoms with E-state index in [1.165, 1.54) is 0 Å². The van der Waals surface area contributed by atoms with Crippen molar-refractivity contribution < 1.29 is 0 Å². The van der Waals surface area contributed by atoms with Gasteiger partial charge in [0.2, 0.25) is 0 Å². The van der Waals surface area contributed by atoms with Gasteiger partial charge in [-0.2, -0.15) is 5.10 Å². The predicted molar refractivity (Wildman–Crippen MR) is 61.3 cm³/mol. The summed E-state index contributed by atoms with van der Waals surface area (Å²) in [6.07, 6.45) is 2.73. The third-order valence-electron chi connectivity index (χ3n) is 2.19. The van der Waals surface area contributed by atoms with Crippen LogP contribution in [0.1, 0.15) is 6.42 Å². The molecule has 5 heteroatoms. The number of nitrogens with one attached hydrogen (secondary N) is 1. The van der Waals surface area contributed by atoms with Crippen molar-refractivity contribution in [1.82, 2.24) is 15.1 Å². The standard InChI is InChI=1S/C10H18N4O/c1-13(2)5-4-6-14(3)9-7-10(15)12-11-8-9/h7-8H,4-6H2,1-3H3,(H,12,15). The SMILES string of the molecule is CN(C)CCCN(C)c1cn[nH]c(=O)c1. The first-order valence-corrected chi connectivity index (χ1v) is 5.00. The molecule has 1 rings (SSSR count). The fraction of sp³-hybridized carbons (Fsp3) is 0.600. The molecule has 0 aliphatic heterocycles. The second kappa shape index (κ2) is 5.50. The molecule has 0 fully saturated rings. The van der Waals surface area contributed by atoms with Gasteiger partial charge in [-0.25, -0.2) is 5.10 Å². The van der Waals surface area contributed by atoms with Gasteiger partial charge in [0, 0.05) is 19.7 Å². The van der Waals surface area contributed by atoms with Crippen LogP contribution in [-0.2, 0) is 0 Å². The molecule has 0 spiro atoms. The van der Waals surface area contributed by atoms with E-state index >= 15 is 0 Å². The van der Waals surface area contributed by atoms with Gasteiger partial charge in [0.15, 0.2) is 0 Å². The second-order valence-electron chi connectivity index (χ2n) is 3.88. The topological polar surface area (TPSA) is 52.2 Å². The van der Waals surface area contributed by atoms with E-state index in [0.29, 0.717) is 0 Å². The Morgan fingerprint density at radius 1 is 1.33 bits per heavy atom. The van der Waals surface area contributed by atoms with E-state index in [-0.39, 0.29) is 5.56 Å². The van der Waals surface area contributed by atoms with E-state index in [2.05, 4.69) is 29.2 Å². The molecule has 0 saturated carbocycles. The van der Waals surface area contributed by atoms with E-state index in [9.17, 15) is 4.79 Å². The average molecular weight is 210 g/mol. The summed E-state index contributed by atoms with van der Waals surface area (Å²) in [6.45, 7) is 1.96. The minimum absolute atomic E-state index is 0.160. The van der Waals surface area contributed by atoms with Gasteiger partial charge < -0.3 is 9.80 Å². The summed E-state index contributed by atoms with van der Waals surface area (Å²) in [7, 11) is 6.07. The van der Waals surface area contributed by atoms with Crippen molar-refractivity contribution in [3.63, 3.8) is 0 Å². The Morgan fingerprint density at radius 3 is 2.67 bits per heavy atom. The lowest BCUT2D eigenvalue weighted by Crippen LogP contribution is -2.24. The zero-order valence-corrected chi connectivity index (χ0v) is 9.53. The summed E-state index contributed by atoms with van der Waals surface area (Å²) in [5.41, 5.74) is 0.699. The molecule has 1 N–H and O–H groups in total. The fourth-order valence-electron chi connectivity index (χ4n) is 1.33. The van der Waals surface area contributed by atoms with Crippen LogP contribution in [0.25, 0.3) is 0 Å². The van der Waals surface area contributed by atoms with Gasteiger partial charge in [0.25, 0.3) is 5.56 Å². The van der Waals surface area contributed by atoms with Crippen LogP contribution >= 0.6 is 0 Å². The van der Waals surface area contributed by atoms with E-state index in [4.69, 9.17) is 0 Å². The maximum absolute atomic E-state index is 11.0. The second-order valence-corrected chi connectivity index (χ2v) is 3.88. The number of hydrogen-bond donors (Lipinski definition) is 1. The summed E-state index contributed by atoms with van der Waals surface area (Å²) in [4.78, 5) is 15.2. The van der Waals surface area contributed by atoms with Crippen LogP contribution in [0.2, 0.25) is 0 Å². The molecule has 0 aliphatic carbocycles. The third kappa shape index (κ3) is 4.12. The molecule has 1 heterocycles. The Balaban J connectivity index is 2.46. The van der Waals surface area contributed by atoms with E-state index in [1.807, 2.05) is 11.9 Å². The number of aromatic amines is 1. The first kappa shape index (κ1) is 11.7. The molecule has 0 atom stereocenters. The summed E-state index contributed by atoms with van der Waals surface area (Å²) in [5.74, 6) is 0. The molecule has 0 amide bonds. The van der Waals surface area contributed by atoms with Crippen molar-refractivity contribution in [2.45, 2.75) is 6.42 Å². The van der Waals surface area contributed by atoms with E-state index in [0.717, 1.165) is 25.2 Å². The lowest BCUT2D eigenvalue weighted by molar-refractivity contribution is 0.401. The average Bonchev–Trinajstić information content (AvgIpc) is 2.17. The molecule has 1 aromatic heterocycles. The molecule has 0 radical (unpaired) electrons. The molecule has 84 valence electrons. The molecule has 1 aromatic rings. The van der Waals surface area contributed by atoms with Crippen LogP contribution < -0.4 is 10.5 Å². The summed E-state index contributed by atoms with van der Waals surface area (Å²) in [5, 5.41) is 6.12. The molecule has 0 aliphatic rings. The number of aromatic nitrogens is 2. The fourth-order valence-corrected chi connectivity index (χ4v) is 1.33. The Labute approximate surface area is 89.7 Å². The number of hydrogen-bond acceptors (Lipinski definition) is 4. The minimum atomic E-state index is -0.160. The molecular formula is C10H18N4O. The molecule has 0 bridgehead atoms. The molecule has 0 aromatic carbocycles. The normalized spacial score (nSPS) is 10.7. The van der Waals surface area contributed by atoms with E-state index < -0.39 is 0 Å². The van der Waals surface area contributed by atoms with Crippen molar-refractivity contribution in [3.8, 4) is 0 Å². The lowest BCUT2D eigenvalue weighted by atomic mass is 10.3. The van der Waals surface area contributed by atoms with Crippen LogP contribution in [0, 0.1) is 0 Å². The highest BCUT2D eigenvalue weighted by Crippen LogP contribution is 2.06. The Morgan fingerprint density at radius 2 is 2.07 bits per heavy atom. The van der Waals surface area contributed by atoms with Crippen LogP contribution in [0.4, 0.5) is 5.69 Å². The number of H-pyrrole nitrogens is 1. The van der Waals surface area contributed by atoms with Crippen molar-refractivity contribution in [3.05, 3.63) is 22.6 Å². The van der Waals surface area contributed by atoms with Crippen LogP contribution in [0.5, 0.6) is 0 Å². The van der Waals surface area contributed by atoms with Gasteiger partial charge in [0.05, 0.1) is 11.9 Å². The molecular weight excluding hydrogens is 192 g/mol. The third-order valence-corrected chi connectivity index (χ3v) is 2.19. The van der Waals surface area contributed by atoms with Crippen molar-refractivity contribution >= 4 is 5.69 Å². The minimum Gasteiger partial charge on any atom is -0.373 e. The molecule has 15 heavy (non-hydrogen) atoms. The number of rotatable bonds is 5. The Kier molecular flexibility index (Phi) is 4.30. The smallest absolute Gasteiger partial charge is 0.266 e. The zero-order chi connectivity index (χ0) is 11.3. The summed E-state index contributed by atoms with van der Waals surface area (Å²) >= 11 is 0. The predicted octanol–water partition coefficient (Wildman–Crippen LogP) is 0.158. The van der Waals surface area contributed by atoms with Crippen molar-refractivity contribution in [2.75, 3.05) is 39.1 Å². The lowest BCUT2D eigenvalue weighted by Gasteiger charge is -2.19. The van der Waals surface area contributed by atoms with Gasteiger partial charge in [-0.1, -0.05) is 0 Å². The zero-order valence-electron chi connectivity index (χ0n) is 9.53. The Hall–Kier alpha value is -1.36. The van der Waals surface area contributed by atoms with Crippen LogP contribution in [0.15, 0.2) is 17.1 Å². The number of nitrogens with zero attached hydrogens (tertiary/aromatic N) is 3. The molecule has 5 nitrogen and oxygen atoms in total. The maximum atomic E-state index is 11.0. The first-order valence-electron chi connectivity index (χ1n) is 5.00. The van der Waals surface area contributed by atoms with Gasteiger partial charge in [-0.3, -0.25) is 4.79 Å². The largest absolute Gasteiger partial charge is 0.373 e. The van der Waals surface area contributed by atoms with Crippen LogP contribution in [0.3, 0.4) is 0 Å². The van der Waals surface area contributed by atoms with E-state index in [1.54, 1.807) is 12.3 Å². The number of anilines is 1. The molecule has 0 saturated heterocycles. The highest BCUT2D eigenvalue weighted by Gasteiger charge is 2.01. The van der Waals surface area contributed by atoms with Gasteiger partial charge in [-0.05, 0) is 27.1 Å². The molecule has 0 unspecified atom stereocenters. The monoisotopic (exact) mass is 210 g/mol. The summed E-state index contributed by atoms with van der Waals surface area (Å²) in [6, 6.07) is 1.56. The maximum Gasteiger partial charge on any atom is 0.266 e. The quantitative estimate of drug-likeness (QED) is 0.752. The summed E-state index contributed by atoms with van der Waals surface area (Å²) < 4.78 is 0. The highest BCUT2D eigenvalue weighted by molar-refractivity contribution is 5.41. The van der Waals surface area contributed by atoms with Gasteiger partial charge in [0.1, 0.15) is 0 Å². The van der Waals surface area contributed by atoms with Crippen molar-refractivity contribution in [2.24, 2.45) is 0 Å².